The maximum atomic E-state index is 11.5. The first kappa shape index (κ1) is 10.9. The van der Waals surface area contributed by atoms with Gasteiger partial charge >= 0.3 is 6.18 Å². The van der Waals surface area contributed by atoms with Gasteiger partial charge in [0.25, 0.3) is 0 Å². The molecule has 70 valence electrons. The van der Waals surface area contributed by atoms with E-state index in [2.05, 4.69) is 15.9 Å². The summed E-state index contributed by atoms with van der Waals surface area (Å²) in [5.41, 5.74) is -0.199. The SMILES string of the molecule is N/N=C\C(CO)=NCC(F)(F)F. The van der Waals surface area contributed by atoms with E-state index in [0.717, 1.165) is 6.21 Å². The first-order valence-corrected chi connectivity index (χ1v) is 2.94. The Kier molecular flexibility index (Phi) is 4.27. The molecule has 0 heterocycles. The largest absolute Gasteiger partial charge is 0.407 e. The van der Waals surface area contributed by atoms with E-state index in [-0.39, 0.29) is 5.71 Å². The van der Waals surface area contributed by atoms with Gasteiger partial charge in [0.15, 0.2) is 0 Å². The molecule has 3 N–H and O–H groups in total. The third-order valence-electron chi connectivity index (χ3n) is 0.847. The zero-order chi connectivity index (χ0) is 9.61. The molecular formula is C5H8F3N3O. The lowest BCUT2D eigenvalue weighted by molar-refractivity contribution is -0.118. The molecule has 0 atom stereocenters. The Bertz CT molecular complexity index is 187. The molecule has 0 aliphatic rings. The third kappa shape index (κ3) is 5.66. The van der Waals surface area contributed by atoms with Crippen LogP contribution in [0.5, 0.6) is 0 Å². The number of rotatable bonds is 3. The Morgan fingerprint density at radius 3 is 2.42 bits per heavy atom. The van der Waals surface area contributed by atoms with Gasteiger partial charge in [0.2, 0.25) is 0 Å². The van der Waals surface area contributed by atoms with E-state index in [9.17, 15) is 13.2 Å². The highest BCUT2D eigenvalue weighted by Crippen LogP contribution is 2.14. The Hall–Kier alpha value is -1.11. The van der Waals surface area contributed by atoms with Crippen LogP contribution in [-0.2, 0) is 0 Å². The van der Waals surface area contributed by atoms with Crippen LogP contribution in [-0.4, -0.2) is 36.4 Å². The minimum atomic E-state index is -4.37. The summed E-state index contributed by atoms with van der Waals surface area (Å²) in [6.07, 6.45) is -3.51. The molecule has 0 bridgehead atoms. The van der Waals surface area contributed by atoms with Gasteiger partial charge in [0, 0.05) is 0 Å². The number of alkyl halides is 3. The van der Waals surface area contributed by atoms with Crippen LogP contribution in [0.15, 0.2) is 10.1 Å². The maximum absolute atomic E-state index is 11.5. The summed E-state index contributed by atoms with van der Waals surface area (Å²) in [6, 6.07) is 0. The predicted octanol–water partition coefficient (Wildman–Crippen LogP) is -0.0735. The number of halogens is 3. The average Bonchev–Trinajstić information content (AvgIpc) is 1.96. The van der Waals surface area contributed by atoms with Gasteiger partial charge in [0.05, 0.1) is 18.5 Å². The smallest absolute Gasteiger partial charge is 0.390 e. The fourth-order valence-electron chi connectivity index (χ4n) is 0.409. The van der Waals surface area contributed by atoms with E-state index in [0.29, 0.717) is 0 Å². The Balaban J connectivity index is 4.12. The van der Waals surface area contributed by atoms with Crippen molar-refractivity contribution in [1.29, 1.82) is 0 Å². The molecule has 0 aliphatic carbocycles. The van der Waals surface area contributed by atoms with Gasteiger partial charge in [-0.2, -0.15) is 18.3 Å². The second-order valence-corrected chi connectivity index (χ2v) is 1.86. The number of hydrogen-bond donors (Lipinski definition) is 2. The van der Waals surface area contributed by atoms with Gasteiger partial charge < -0.3 is 10.9 Å². The summed E-state index contributed by atoms with van der Waals surface area (Å²) < 4.78 is 34.6. The molecular weight excluding hydrogens is 175 g/mol. The first-order chi connectivity index (χ1) is 5.49. The molecule has 7 heteroatoms. The number of aliphatic hydroxyl groups excluding tert-OH is 1. The lowest BCUT2D eigenvalue weighted by Crippen LogP contribution is -2.16. The van der Waals surface area contributed by atoms with Crippen LogP contribution in [0.4, 0.5) is 13.2 Å². The molecule has 0 saturated carbocycles. The fourth-order valence-corrected chi connectivity index (χ4v) is 0.409. The van der Waals surface area contributed by atoms with E-state index >= 15 is 0 Å². The Morgan fingerprint density at radius 1 is 1.50 bits per heavy atom. The molecule has 0 spiro atoms. The van der Waals surface area contributed by atoms with Crippen molar-refractivity contribution in [2.45, 2.75) is 6.18 Å². The molecule has 0 saturated heterocycles. The van der Waals surface area contributed by atoms with Crippen molar-refractivity contribution >= 4 is 11.9 Å². The van der Waals surface area contributed by atoms with E-state index < -0.39 is 19.3 Å². The number of hydrogen-bond acceptors (Lipinski definition) is 4. The van der Waals surface area contributed by atoms with Gasteiger partial charge in [-0.15, -0.1) is 0 Å². The van der Waals surface area contributed by atoms with Crippen molar-refractivity contribution in [2.24, 2.45) is 15.9 Å². The van der Waals surface area contributed by atoms with Crippen molar-refractivity contribution in [3.05, 3.63) is 0 Å². The predicted molar refractivity (Wildman–Crippen MR) is 38.1 cm³/mol. The first-order valence-electron chi connectivity index (χ1n) is 2.94. The minimum absolute atomic E-state index is 0.199. The van der Waals surface area contributed by atoms with Crippen molar-refractivity contribution in [2.75, 3.05) is 13.2 Å². The summed E-state index contributed by atoms with van der Waals surface area (Å²) in [7, 11) is 0. The summed E-state index contributed by atoms with van der Waals surface area (Å²) in [5, 5.41) is 11.3. The average molecular weight is 183 g/mol. The molecule has 0 aromatic rings. The van der Waals surface area contributed by atoms with Crippen LogP contribution >= 0.6 is 0 Å². The highest BCUT2D eigenvalue weighted by atomic mass is 19.4. The minimum Gasteiger partial charge on any atom is -0.390 e. The topological polar surface area (TPSA) is 71.0 Å². The highest BCUT2D eigenvalue weighted by molar-refractivity contribution is 6.31. The quantitative estimate of drug-likeness (QED) is 0.365. The zero-order valence-corrected chi connectivity index (χ0v) is 6.04. The van der Waals surface area contributed by atoms with Crippen LogP contribution in [0.25, 0.3) is 0 Å². The summed E-state index contributed by atoms with van der Waals surface area (Å²) >= 11 is 0. The molecule has 4 nitrogen and oxygen atoms in total. The van der Waals surface area contributed by atoms with Gasteiger partial charge in [-0.05, 0) is 0 Å². The van der Waals surface area contributed by atoms with Crippen LogP contribution in [0.1, 0.15) is 0 Å². The van der Waals surface area contributed by atoms with Gasteiger partial charge in [-0.3, -0.25) is 4.99 Å². The lowest BCUT2D eigenvalue weighted by atomic mass is 10.4. The number of nitrogens with zero attached hydrogens (tertiary/aromatic N) is 2. The van der Waals surface area contributed by atoms with Crippen molar-refractivity contribution in [3.63, 3.8) is 0 Å². The monoisotopic (exact) mass is 183 g/mol. The number of nitrogens with two attached hydrogens (primary N) is 1. The second kappa shape index (κ2) is 4.70. The summed E-state index contributed by atoms with van der Waals surface area (Å²) in [4.78, 5) is 3.02. The van der Waals surface area contributed by atoms with Gasteiger partial charge in [0.1, 0.15) is 6.54 Å². The van der Waals surface area contributed by atoms with Gasteiger partial charge in [-0.25, -0.2) is 0 Å². The van der Waals surface area contributed by atoms with Crippen molar-refractivity contribution in [3.8, 4) is 0 Å². The maximum Gasteiger partial charge on any atom is 0.407 e. The molecule has 0 rings (SSSR count). The molecule has 12 heavy (non-hydrogen) atoms. The zero-order valence-electron chi connectivity index (χ0n) is 6.04. The second-order valence-electron chi connectivity index (χ2n) is 1.86. The molecule has 0 fully saturated rings. The lowest BCUT2D eigenvalue weighted by Gasteiger charge is -2.01. The highest BCUT2D eigenvalue weighted by Gasteiger charge is 2.26. The normalized spacial score (nSPS) is 14.2. The number of aliphatic imine (C=N–C) groups is 1. The molecule has 0 aromatic heterocycles. The number of aliphatic hydroxyl groups is 1. The number of hydrazone groups is 1. The fraction of sp³-hybridized carbons (Fsp3) is 0.600. The van der Waals surface area contributed by atoms with E-state index in [1.807, 2.05) is 0 Å². The van der Waals surface area contributed by atoms with Crippen LogP contribution < -0.4 is 5.84 Å². The molecule has 0 aliphatic heterocycles. The van der Waals surface area contributed by atoms with Crippen molar-refractivity contribution in [1.82, 2.24) is 0 Å². The summed E-state index contributed by atoms with van der Waals surface area (Å²) in [6.45, 7) is -1.95. The summed E-state index contributed by atoms with van der Waals surface area (Å²) in [5.74, 6) is 4.64. The third-order valence-corrected chi connectivity index (χ3v) is 0.847. The molecule has 0 amide bonds. The van der Waals surface area contributed by atoms with Crippen LogP contribution in [0.3, 0.4) is 0 Å². The van der Waals surface area contributed by atoms with E-state index in [1.54, 1.807) is 0 Å². The van der Waals surface area contributed by atoms with E-state index in [1.165, 1.54) is 0 Å². The molecule has 0 radical (unpaired) electrons. The molecule has 0 unspecified atom stereocenters. The Morgan fingerprint density at radius 2 is 2.08 bits per heavy atom. The van der Waals surface area contributed by atoms with Gasteiger partial charge in [-0.1, -0.05) is 0 Å². The Labute approximate surface area is 66.6 Å². The van der Waals surface area contributed by atoms with Crippen molar-refractivity contribution < 1.29 is 18.3 Å². The standard InChI is InChI=1S/C5H8F3N3O/c6-5(7,8)3-10-4(2-12)1-11-9/h1,12H,2-3,9H2/b10-4?,11-1-. The van der Waals surface area contributed by atoms with Crippen LogP contribution in [0.2, 0.25) is 0 Å². The van der Waals surface area contributed by atoms with E-state index in [4.69, 9.17) is 5.11 Å². The molecule has 0 aromatic carbocycles. The van der Waals surface area contributed by atoms with Crippen LogP contribution in [0, 0.1) is 0 Å².